The number of nitrogens with zero attached hydrogens (tertiary/aromatic N) is 3. The summed E-state index contributed by atoms with van der Waals surface area (Å²) in [6.07, 6.45) is 2.58. The van der Waals surface area contributed by atoms with E-state index in [9.17, 15) is 4.79 Å². The molecule has 0 bridgehead atoms. The van der Waals surface area contributed by atoms with E-state index < -0.39 is 0 Å². The average molecular weight is 300 g/mol. The number of nitrogens with one attached hydrogen (secondary N) is 1. The number of aromatic amines is 1. The van der Waals surface area contributed by atoms with Gasteiger partial charge in [-0.15, -0.1) is 0 Å². The molecule has 0 aliphatic rings. The van der Waals surface area contributed by atoms with Crippen molar-refractivity contribution in [2.45, 2.75) is 30.7 Å². The van der Waals surface area contributed by atoms with Gasteiger partial charge in [-0.1, -0.05) is 43.8 Å². The number of rotatable bonds is 4. The Morgan fingerprint density at radius 1 is 1.33 bits per heavy atom. The molecule has 0 saturated carbocycles. The van der Waals surface area contributed by atoms with E-state index in [4.69, 9.17) is 0 Å². The fourth-order valence-corrected chi connectivity index (χ4v) is 2.82. The van der Waals surface area contributed by atoms with Gasteiger partial charge in [-0.25, -0.2) is 9.67 Å². The third kappa shape index (κ3) is 2.71. The first-order valence-electron chi connectivity index (χ1n) is 6.89. The summed E-state index contributed by atoms with van der Waals surface area (Å²) in [5.74, 6) is 0. The summed E-state index contributed by atoms with van der Waals surface area (Å²) in [6.45, 7) is 4.23. The standard InChI is InChI=1S/C15H16N4OS/c1-3-10(2)21-15-17-13-12(14(20)18-15)9-16-19(13)11-7-5-4-6-8-11/h4-10H,3H2,1-2H3,(H,17,18,20)/t10-/m1/s1. The number of benzene rings is 1. The highest BCUT2D eigenvalue weighted by atomic mass is 32.2. The highest BCUT2D eigenvalue weighted by molar-refractivity contribution is 7.99. The lowest BCUT2D eigenvalue weighted by Gasteiger charge is -2.07. The van der Waals surface area contributed by atoms with Crippen LogP contribution in [0.3, 0.4) is 0 Å². The van der Waals surface area contributed by atoms with Gasteiger partial charge in [-0.05, 0) is 18.6 Å². The molecule has 2 heterocycles. The normalized spacial score (nSPS) is 12.7. The molecule has 1 aromatic carbocycles. The van der Waals surface area contributed by atoms with Crippen molar-refractivity contribution in [1.29, 1.82) is 0 Å². The maximum atomic E-state index is 12.2. The zero-order valence-electron chi connectivity index (χ0n) is 11.9. The minimum absolute atomic E-state index is 0.145. The van der Waals surface area contributed by atoms with Gasteiger partial charge in [0.25, 0.3) is 5.56 Å². The molecule has 1 N–H and O–H groups in total. The van der Waals surface area contributed by atoms with Crippen molar-refractivity contribution in [2.24, 2.45) is 0 Å². The monoisotopic (exact) mass is 300 g/mol. The molecular weight excluding hydrogens is 284 g/mol. The van der Waals surface area contributed by atoms with Gasteiger partial charge in [0.1, 0.15) is 5.39 Å². The molecule has 0 saturated heterocycles. The Morgan fingerprint density at radius 2 is 2.10 bits per heavy atom. The van der Waals surface area contributed by atoms with Crippen molar-refractivity contribution in [3.8, 4) is 5.69 Å². The van der Waals surface area contributed by atoms with E-state index in [0.717, 1.165) is 12.1 Å². The molecule has 0 spiro atoms. The van der Waals surface area contributed by atoms with E-state index in [-0.39, 0.29) is 5.56 Å². The number of fused-ring (bicyclic) bond motifs is 1. The smallest absolute Gasteiger partial charge is 0.262 e. The van der Waals surface area contributed by atoms with Gasteiger partial charge in [0, 0.05) is 5.25 Å². The second-order valence-electron chi connectivity index (χ2n) is 4.84. The lowest BCUT2D eigenvalue weighted by molar-refractivity contribution is 0.860. The second-order valence-corrected chi connectivity index (χ2v) is 6.26. The number of hydrogen-bond acceptors (Lipinski definition) is 4. The predicted molar refractivity (Wildman–Crippen MR) is 85.1 cm³/mol. The molecule has 5 nitrogen and oxygen atoms in total. The molecular formula is C15H16N4OS. The maximum absolute atomic E-state index is 12.2. The molecule has 0 aliphatic carbocycles. The lowest BCUT2D eigenvalue weighted by Crippen LogP contribution is -2.11. The summed E-state index contributed by atoms with van der Waals surface area (Å²) in [4.78, 5) is 19.5. The number of H-pyrrole nitrogens is 1. The number of para-hydroxylation sites is 1. The number of thioether (sulfide) groups is 1. The van der Waals surface area contributed by atoms with Crippen molar-refractivity contribution >= 4 is 22.8 Å². The Labute approximate surface area is 126 Å². The Balaban J connectivity index is 2.14. The zero-order chi connectivity index (χ0) is 14.8. The molecule has 0 aliphatic heterocycles. The van der Waals surface area contributed by atoms with Crippen LogP contribution in [0.5, 0.6) is 0 Å². The van der Waals surface area contributed by atoms with E-state index in [1.807, 2.05) is 30.3 Å². The summed E-state index contributed by atoms with van der Waals surface area (Å²) in [7, 11) is 0. The Bertz CT molecular complexity index is 809. The largest absolute Gasteiger partial charge is 0.301 e. The summed E-state index contributed by atoms with van der Waals surface area (Å²) in [5, 5.41) is 5.84. The first-order chi connectivity index (χ1) is 10.2. The van der Waals surface area contributed by atoms with E-state index >= 15 is 0 Å². The number of aromatic nitrogens is 4. The average Bonchev–Trinajstić information content (AvgIpc) is 2.92. The van der Waals surface area contributed by atoms with Crippen molar-refractivity contribution in [1.82, 2.24) is 19.7 Å². The summed E-state index contributed by atoms with van der Waals surface area (Å²) in [6, 6.07) is 9.70. The fourth-order valence-electron chi connectivity index (χ4n) is 1.99. The molecule has 108 valence electrons. The van der Waals surface area contributed by atoms with Crippen LogP contribution in [0.2, 0.25) is 0 Å². The van der Waals surface area contributed by atoms with E-state index in [1.54, 1.807) is 22.6 Å². The van der Waals surface area contributed by atoms with Crippen LogP contribution in [0.1, 0.15) is 20.3 Å². The molecule has 0 radical (unpaired) electrons. The van der Waals surface area contributed by atoms with Crippen LogP contribution >= 0.6 is 11.8 Å². The van der Waals surface area contributed by atoms with Crippen LogP contribution in [-0.2, 0) is 0 Å². The third-order valence-corrected chi connectivity index (χ3v) is 4.46. The quantitative estimate of drug-likeness (QED) is 0.594. The lowest BCUT2D eigenvalue weighted by atomic mass is 10.3. The van der Waals surface area contributed by atoms with E-state index in [2.05, 4.69) is 28.9 Å². The SMILES string of the molecule is CC[C@@H](C)Sc1nc2c(cnn2-c2ccccc2)c(=O)[nH]1. The molecule has 0 amide bonds. The maximum Gasteiger partial charge on any atom is 0.262 e. The summed E-state index contributed by atoms with van der Waals surface area (Å²) in [5.41, 5.74) is 1.34. The topological polar surface area (TPSA) is 63.6 Å². The summed E-state index contributed by atoms with van der Waals surface area (Å²) < 4.78 is 1.70. The minimum atomic E-state index is -0.145. The van der Waals surface area contributed by atoms with Crippen molar-refractivity contribution in [3.05, 3.63) is 46.9 Å². The van der Waals surface area contributed by atoms with Gasteiger partial charge >= 0.3 is 0 Å². The van der Waals surface area contributed by atoms with E-state index in [0.29, 0.717) is 21.4 Å². The molecule has 6 heteroatoms. The molecule has 21 heavy (non-hydrogen) atoms. The van der Waals surface area contributed by atoms with Crippen molar-refractivity contribution in [2.75, 3.05) is 0 Å². The van der Waals surface area contributed by atoms with Gasteiger partial charge in [-0.3, -0.25) is 4.79 Å². The highest BCUT2D eigenvalue weighted by Gasteiger charge is 2.12. The van der Waals surface area contributed by atoms with Crippen molar-refractivity contribution in [3.63, 3.8) is 0 Å². The molecule has 0 fully saturated rings. The van der Waals surface area contributed by atoms with Crippen LogP contribution < -0.4 is 5.56 Å². The summed E-state index contributed by atoms with van der Waals surface area (Å²) >= 11 is 1.57. The molecule has 2 aromatic heterocycles. The van der Waals surface area contributed by atoms with Crippen LogP contribution in [0.15, 0.2) is 46.5 Å². The molecule has 3 aromatic rings. The van der Waals surface area contributed by atoms with Crippen LogP contribution in [0.4, 0.5) is 0 Å². The van der Waals surface area contributed by atoms with Crippen LogP contribution in [0.25, 0.3) is 16.7 Å². The van der Waals surface area contributed by atoms with Gasteiger partial charge < -0.3 is 4.98 Å². The predicted octanol–water partition coefficient (Wildman–Crippen LogP) is 3.00. The van der Waals surface area contributed by atoms with E-state index in [1.165, 1.54) is 0 Å². The fraction of sp³-hybridized carbons (Fsp3) is 0.267. The molecule has 1 atom stereocenters. The van der Waals surface area contributed by atoms with Gasteiger partial charge in [-0.2, -0.15) is 5.10 Å². The minimum Gasteiger partial charge on any atom is -0.301 e. The second kappa shape index (κ2) is 5.73. The van der Waals surface area contributed by atoms with Gasteiger partial charge in [0.2, 0.25) is 0 Å². The Kier molecular flexibility index (Phi) is 3.79. The Hall–Kier alpha value is -2.08. The molecule has 0 unspecified atom stereocenters. The van der Waals surface area contributed by atoms with Gasteiger partial charge in [0.15, 0.2) is 10.8 Å². The Morgan fingerprint density at radius 3 is 2.81 bits per heavy atom. The van der Waals surface area contributed by atoms with Crippen LogP contribution in [-0.4, -0.2) is 25.0 Å². The third-order valence-electron chi connectivity index (χ3n) is 3.30. The first kappa shape index (κ1) is 13.9. The first-order valence-corrected chi connectivity index (χ1v) is 7.77. The van der Waals surface area contributed by atoms with Crippen molar-refractivity contribution < 1.29 is 0 Å². The van der Waals surface area contributed by atoms with Crippen LogP contribution in [0, 0.1) is 0 Å². The molecule has 3 rings (SSSR count). The zero-order valence-corrected chi connectivity index (χ0v) is 12.7. The highest BCUT2D eigenvalue weighted by Crippen LogP contribution is 2.22. The van der Waals surface area contributed by atoms with Gasteiger partial charge in [0.05, 0.1) is 11.9 Å². The number of hydrogen-bond donors (Lipinski definition) is 1.